The van der Waals surface area contributed by atoms with Crippen LogP contribution in [0.1, 0.15) is 33.1 Å². The molecule has 0 aromatic rings. The predicted molar refractivity (Wildman–Crippen MR) is 56.1 cm³/mol. The molecule has 1 rings (SSSR count). The molecule has 1 fully saturated rings. The first kappa shape index (κ1) is 11.5. The molecule has 1 saturated heterocycles. The molecule has 0 saturated carbocycles. The van der Waals surface area contributed by atoms with Crippen LogP contribution in [0.25, 0.3) is 0 Å². The molecule has 0 unspecified atom stereocenters. The van der Waals surface area contributed by atoms with Gasteiger partial charge in [-0.25, -0.2) is 0 Å². The van der Waals surface area contributed by atoms with E-state index in [-0.39, 0.29) is 5.91 Å². The van der Waals surface area contributed by atoms with E-state index in [0.29, 0.717) is 5.92 Å². The van der Waals surface area contributed by atoms with E-state index >= 15 is 0 Å². The van der Waals surface area contributed by atoms with E-state index < -0.39 is 0 Å². The molecule has 1 amide bonds. The topological polar surface area (TPSA) is 29.5 Å². The Hall–Kier alpha value is -0.570. The number of ether oxygens (including phenoxy) is 1. The first-order chi connectivity index (χ1) is 6.74. The molecule has 0 radical (unpaired) electrons. The zero-order chi connectivity index (χ0) is 10.4. The van der Waals surface area contributed by atoms with E-state index in [1.54, 1.807) is 6.92 Å². The molecule has 0 spiro atoms. The summed E-state index contributed by atoms with van der Waals surface area (Å²) in [7, 11) is 0. The van der Waals surface area contributed by atoms with Crippen molar-refractivity contribution in [2.24, 2.45) is 5.92 Å². The van der Waals surface area contributed by atoms with E-state index in [1.165, 1.54) is 0 Å². The largest absolute Gasteiger partial charge is 0.381 e. The maximum atomic E-state index is 11.1. The summed E-state index contributed by atoms with van der Waals surface area (Å²) in [5.74, 6) is 0.870. The SMILES string of the molecule is CCCOCC1CCN(C(C)=O)CC1. The molecule has 3 nitrogen and oxygen atoms in total. The highest BCUT2D eigenvalue weighted by molar-refractivity contribution is 5.73. The molecule has 0 atom stereocenters. The maximum absolute atomic E-state index is 11.1. The number of hydrogen-bond donors (Lipinski definition) is 0. The molecular weight excluding hydrogens is 178 g/mol. The average Bonchev–Trinajstić information content (AvgIpc) is 2.19. The van der Waals surface area contributed by atoms with Gasteiger partial charge in [0.2, 0.25) is 5.91 Å². The lowest BCUT2D eigenvalue weighted by Crippen LogP contribution is -2.38. The second kappa shape index (κ2) is 6.02. The number of carbonyl (C=O) groups excluding carboxylic acids is 1. The van der Waals surface area contributed by atoms with Gasteiger partial charge in [-0.2, -0.15) is 0 Å². The summed E-state index contributed by atoms with van der Waals surface area (Å²) < 4.78 is 5.51. The second-order valence-corrected chi connectivity index (χ2v) is 4.02. The Morgan fingerprint density at radius 1 is 1.43 bits per heavy atom. The summed E-state index contributed by atoms with van der Waals surface area (Å²) in [6, 6.07) is 0. The highest BCUT2D eigenvalue weighted by Gasteiger charge is 2.20. The minimum atomic E-state index is 0.206. The zero-order valence-corrected chi connectivity index (χ0v) is 9.29. The first-order valence-electron chi connectivity index (χ1n) is 5.57. The van der Waals surface area contributed by atoms with Gasteiger partial charge >= 0.3 is 0 Å². The third kappa shape index (κ3) is 3.66. The Balaban J connectivity index is 2.12. The Bertz CT molecular complexity index is 174. The van der Waals surface area contributed by atoms with Crippen molar-refractivity contribution in [2.45, 2.75) is 33.1 Å². The summed E-state index contributed by atoms with van der Waals surface area (Å²) in [5.41, 5.74) is 0. The molecule has 0 N–H and O–H groups in total. The third-order valence-corrected chi connectivity index (χ3v) is 2.76. The van der Waals surface area contributed by atoms with Gasteiger partial charge in [0, 0.05) is 33.2 Å². The molecule has 0 bridgehead atoms. The monoisotopic (exact) mass is 199 g/mol. The third-order valence-electron chi connectivity index (χ3n) is 2.76. The van der Waals surface area contributed by atoms with Gasteiger partial charge in [0.05, 0.1) is 0 Å². The Kier molecular flexibility index (Phi) is 4.94. The molecule has 0 aromatic carbocycles. The standard InChI is InChI=1S/C11H21NO2/c1-3-8-14-9-11-4-6-12(7-5-11)10(2)13/h11H,3-9H2,1-2H3. The van der Waals surface area contributed by atoms with Crippen LogP contribution in [0.4, 0.5) is 0 Å². The van der Waals surface area contributed by atoms with Crippen molar-refractivity contribution >= 4 is 5.91 Å². The Morgan fingerprint density at radius 3 is 2.57 bits per heavy atom. The smallest absolute Gasteiger partial charge is 0.219 e. The van der Waals surface area contributed by atoms with E-state index in [0.717, 1.165) is 45.6 Å². The molecule has 14 heavy (non-hydrogen) atoms. The number of carbonyl (C=O) groups is 1. The van der Waals surface area contributed by atoms with Gasteiger partial charge in [0.15, 0.2) is 0 Å². The predicted octanol–water partition coefficient (Wildman–Crippen LogP) is 1.67. The van der Waals surface area contributed by atoms with Crippen molar-refractivity contribution in [2.75, 3.05) is 26.3 Å². The minimum absolute atomic E-state index is 0.206. The number of amides is 1. The van der Waals surface area contributed by atoms with Crippen molar-refractivity contribution in [1.82, 2.24) is 4.90 Å². The summed E-state index contributed by atoms with van der Waals surface area (Å²) in [6.45, 7) is 7.34. The number of nitrogens with zero attached hydrogens (tertiary/aromatic N) is 1. The molecule has 82 valence electrons. The average molecular weight is 199 g/mol. The molecule has 1 heterocycles. The van der Waals surface area contributed by atoms with Crippen molar-refractivity contribution < 1.29 is 9.53 Å². The molecule has 1 aliphatic heterocycles. The van der Waals surface area contributed by atoms with Gasteiger partial charge in [-0.3, -0.25) is 4.79 Å². The van der Waals surface area contributed by atoms with Crippen LogP contribution in [0.2, 0.25) is 0 Å². The van der Waals surface area contributed by atoms with E-state index in [9.17, 15) is 4.79 Å². The molecular formula is C11H21NO2. The second-order valence-electron chi connectivity index (χ2n) is 4.02. The van der Waals surface area contributed by atoms with Gasteiger partial charge in [-0.1, -0.05) is 6.92 Å². The van der Waals surface area contributed by atoms with Crippen molar-refractivity contribution in [1.29, 1.82) is 0 Å². The van der Waals surface area contributed by atoms with Gasteiger partial charge in [0.1, 0.15) is 0 Å². The quantitative estimate of drug-likeness (QED) is 0.645. The van der Waals surface area contributed by atoms with Crippen molar-refractivity contribution in [3.05, 3.63) is 0 Å². The normalized spacial score (nSPS) is 18.6. The van der Waals surface area contributed by atoms with Gasteiger partial charge in [-0.15, -0.1) is 0 Å². The van der Waals surface area contributed by atoms with E-state index in [4.69, 9.17) is 4.74 Å². The van der Waals surface area contributed by atoms with Gasteiger partial charge in [-0.05, 0) is 25.2 Å². The van der Waals surface area contributed by atoms with Gasteiger partial charge < -0.3 is 9.64 Å². The minimum Gasteiger partial charge on any atom is -0.381 e. The van der Waals surface area contributed by atoms with E-state index in [1.807, 2.05) is 4.90 Å². The fourth-order valence-electron chi connectivity index (χ4n) is 1.81. The number of likely N-dealkylation sites (tertiary alicyclic amines) is 1. The Labute approximate surface area is 86.4 Å². The van der Waals surface area contributed by atoms with Crippen LogP contribution in [-0.2, 0) is 9.53 Å². The zero-order valence-electron chi connectivity index (χ0n) is 9.29. The summed E-state index contributed by atoms with van der Waals surface area (Å²) in [5, 5.41) is 0. The fourth-order valence-corrected chi connectivity index (χ4v) is 1.81. The highest BCUT2D eigenvalue weighted by Crippen LogP contribution is 2.17. The lowest BCUT2D eigenvalue weighted by molar-refractivity contribution is -0.130. The molecule has 3 heteroatoms. The summed E-state index contributed by atoms with van der Waals surface area (Å²) >= 11 is 0. The number of piperidine rings is 1. The van der Waals surface area contributed by atoms with Crippen LogP contribution >= 0.6 is 0 Å². The summed E-state index contributed by atoms with van der Waals surface area (Å²) in [4.78, 5) is 13.0. The number of rotatable bonds is 4. The van der Waals surface area contributed by atoms with Crippen LogP contribution in [0.15, 0.2) is 0 Å². The molecule has 0 aromatic heterocycles. The van der Waals surface area contributed by atoms with Crippen LogP contribution in [0, 0.1) is 5.92 Å². The maximum Gasteiger partial charge on any atom is 0.219 e. The van der Waals surface area contributed by atoms with Gasteiger partial charge in [0.25, 0.3) is 0 Å². The van der Waals surface area contributed by atoms with Crippen molar-refractivity contribution in [3.8, 4) is 0 Å². The highest BCUT2D eigenvalue weighted by atomic mass is 16.5. The van der Waals surface area contributed by atoms with Crippen LogP contribution in [0.5, 0.6) is 0 Å². The van der Waals surface area contributed by atoms with Crippen LogP contribution in [0.3, 0.4) is 0 Å². The lowest BCUT2D eigenvalue weighted by Gasteiger charge is -2.31. The number of hydrogen-bond acceptors (Lipinski definition) is 2. The lowest BCUT2D eigenvalue weighted by atomic mass is 9.98. The molecule has 1 aliphatic rings. The molecule has 0 aliphatic carbocycles. The summed E-state index contributed by atoms with van der Waals surface area (Å²) in [6.07, 6.45) is 3.29. The Morgan fingerprint density at radius 2 is 2.07 bits per heavy atom. The first-order valence-corrected chi connectivity index (χ1v) is 5.57. The van der Waals surface area contributed by atoms with Crippen molar-refractivity contribution in [3.63, 3.8) is 0 Å². The fraction of sp³-hybridized carbons (Fsp3) is 0.909. The van der Waals surface area contributed by atoms with E-state index in [2.05, 4.69) is 6.92 Å². The van der Waals surface area contributed by atoms with Crippen LogP contribution in [-0.4, -0.2) is 37.1 Å². The van der Waals surface area contributed by atoms with Crippen LogP contribution < -0.4 is 0 Å².